The first-order valence-corrected chi connectivity index (χ1v) is 3.45. The number of hydroxylamine groups is 2. The highest BCUT2D eigenvalue weighted by Crippen LogP contribution is 2.08. The first kappa shape index (κ1) is 7.57. The summed E-state index contributed by atoms with van der Waals surface area (Å²) in [6, 6.07) is 0. The van der Waals surface area contributed by atoms with Crippen molar-refractivity contribution in [2.24, 2.45) is 0 Å². The van der Waals surface area contributed by atoms with Crippen molar-refractivity contribution >= 4 is 0 Å². The largest absolute Gasteiger partial charge is 0.363 e. The Labute approximate surface area is 61.8 Å². The Hall–Kier alpha value is -0.540. The van der Waals surface area contributed by atoms with E-state index in [-0.39, 0.29) is 0 Å². The topological polar surface area (TPSA) is 15.7 Å². The number of rotatable bonds is 1. The highest BCUT2D eigenvalue weighted by atomic mass is 16.7. The quantitative estimate of drug-likeness (QED) is 0.534. The molecule has 0 spiro atoms. The normalized spacial score (nSPS) is 27.5. The molecule has 58 valence electrons. The van der Waals surface area contributed by atoms with Crippen LogP contribution in [0.4, 0.5) is 0 Å². The van der Waals surface area contributed by atoms with Gasteiger partial charge in [-0.15, -0.1) is 0 Å². The van der Waals surface area contributed by atoms with Crippen LogP contribution >= 0.6 is 0 Å². The van der Waals surface area contributed by atoms with Crippen molar-refractivity contribution in [2.45, 2.75) is 13.1 Å². The fraction of sp³-hybridized carbons (Fsp3) is 0.714. The molecule has 0 saturated heterocycles. The first-order valence-electron chi connectivity index (χ1n) is 3.45. The van der Waals surface area contributed by atoms with Crippen LogP contribution in [-0.4, -0.2) is 36.8 Å². The zero-order valence-corrected chi connectivity index (χ0v) is 6.74. The van der Waals surface area contributed by atoms with E-state index in [0.717, 1.165) is 6.54 Å². The van der Waals surface area contributed by atoms with Gasteiger partial charge in [0.15, 0.2) is 0 Å². The summed E-state index contributed by atoms with van der Waals surface area (Å²) in [6.45, 7) is 2.98. The van der Waals surface area contributed by atoms with Gasteiger partial charge in [0.05, 0.1) is 7.11 Å². The van der Waals surface area contributed by atoms with E-state index in [1.54, 1.807) is 7.11 Å². The molecule has 0 bridgehead atoms. The third-order valence-electron chi connectivity index (χ3n) is 1.87. The molecule has 1 unspecified atom stereocenters. The van der Waals surface area contributed by atoms with Crippen LogP contribution in [0.25, 0.3) is 0 Å². The Morgan fingerprint density at radius 3 is 2.80 bits per heavy atom. The Bertz CT molecular complexity index is 136. The zero-order chi connectivity index (χ0) is 7.56. The molecule has 1 aliphatic heterocycles. The SMILES string of the molecule is CON1CC=CN(C)C1C. The molecule has 0 amide bonds. The van der Waals surface area contributed by atoms with Crippen LogP contribution in [0, 0.1) is 0 Å². The monoisotopic (exact) mass is 142 g/mol. The molecule has 10 heavy (non-hydrogen) atoms. The third-order valence-corrected chi connectivity index (χ3v) is 1.87. The van der Waals surface area contributed by atoms with Crippen molar-refractivity contribution in [1.29, 1.82) is 0 Å². The van der Waals surface area contributed by atoms with E-state index in [0.29, 0.717) is 6.17 Å². The second-order valence-electron chi connectivity index (χ2n) is 2.46. The molecule has 1 rings (SSSR count). The maximum atomic E-state index is 5.11. The van der Waals surface area contributed by atoms with Gasteiger partial charge < -0.3 is 4.90 Å². The number of hydrogen-bond donors (Lipinski definition) is 0. The molecule has 0 fully saturated rings. The summed E-state index contributed by atoms with van der Waals surface area (Å²) in [7, 11) is 3.73. The highest BCUT2D eigenvalue weighted by Gasteiger charge is 2.17. The Morgan fingerprint density at radius 2 is 2.30 bits per heavy atom. The van der Waals surface area contributed by atoms with Gasteiger partial charge in [-0.05, 0) is 13.1 Å². The maximum absolute atomic E-state index is 5.11. The lowest BCUT2D eigenvalue weighted by atomic mass is 10.4. The van der Waals surface area contributed by atoms with E-state index in [4.69, 9.17) is 4.84 Å². The van der Waals surface area contributed by atoms with E-state index in [2.05, 4.69) is 24.1 Å². The van der Waals surface area contributed by atoms with Crippen LogP contribution in [-0.2, 0) is 4.84 Å². The lowest BCUT2D eigenvalue weighted by Crippen LogP contribution is -2.44. The molecule has 0 aliphatic carbocycles. The van der Waals surface area contributed by atoms with Crippen LogP contribution in [0.1, 0.15) is 6.92 Å². The number of hydrogen-bond acceptors (Lipinski definition) is 3. The number of nitrogens with zero attached hydrogens (tertiary/aromatic N) is 2. The van der Waals surface area contributed by atoms with E-state index in [1.807, 2.05) is 12.1 Å². The van der Waals surface area contributed by atoms with Gasteiger partial charge in [0.25, 0.3) is 0 Å². The molecule has 0 N–H and O–H groups in total. The second kappa shape index (κ2) is 3.03. The molecule has 1 atom stereocenters. The van der Waals surface area contributed by atoms with Gasteiger partial charge >= 0.3 is 0 Å². The summed E-state index contributed by atoms with van der Waals surface area (Å²) in [5.74, 6) is 0. The average molecular weight is 142 g/mol. The standard InChI is InChI=1S/C7H14N2O/c1-7-8(2)5-4-6-9(7)10-3/h4-5,7H,6H2,1-3H3. The van der Waals surface area contributed by atoms with Crippen molar-refractivity contribution in [3.63, 3.8) is 0 Å². The first-order chi connectivity index (χ1) is 4.75. The van der Waals surface area contributed by atoms with E-state index < -0.39 is 0 Å². The maximum Gasteiger partial charge on any atom is 0.102 e. The van der Waals surface area contributed by atoms with Crippen LogP contribution in [0.3, 0.4) is 0 Å². The molecule has 3 nitrogen and oxygen atoms in total. The lowest BCUT2D eigenvalue weighted by Gasteiger charge is -2.35. The molecule has 0 aromatic heterocycles. The van der Waals surface area contributed by atoms with E-state index >= 15 is 0 Å². The summed E-state index contributed by atoms with van der Waals surface area (Å²) in [5, 5.41) is 1.92. The summed E-state index contributed by atoms with van der Waals surface area (Å²) >= 11 is 0. The predicted octanol–water partition coefficient (Wildman–Crippen LogP) is 0.655. The smallest absolute Gasteiger partial charge is 0.102 e. The van der Waals surface area contributed by atoms with Gasteiger partial charge in [0, 0.05) is 13.6 Å². The minimum Gasteiger partial charge on any atom is -0.363 e. The van der Waals surface area contributed by atoms with Gasteiger partial charge in [-0.1, -0.05) is 6.08 Å². The Morgan fingerprint density at radius 1 is 1.60 bits per heavy atom. The molecule has 0 radical (unpaired) electrons. The van der Waals surface area contributed by atoms with Gasteiger partial charge in [0.1, 0.15) is 6.17 Å². The summed E-state index contributed by atoms with van der Waals surface area (Å²) < 4.78 is 0. The van der Waals surface area contributed by atoms with Gasteiger partial charge in [-0.2, -0.15) is 5.06 Å². The van der Waals surface area contributed by atoms with Crippen molar-refractivity contribution in [2.75, 3.05) is 20.7 Å². The highest BCUT2D eigenvalue weighted by molar-refractivity contribution is 4.89. The molecule has 0 aromatic rings. The van der Waals surface area contributed by atoms with Crippen molar-refractivity contribution in [3.8, 4) is 0 Å². The minimum atomic E-state index is 0.343. The average Bonchev–Trinajstić information content (AvgIpc) is 1.95. The van der Waals surface area contributed by atoms with Crippen LogP contribution in [0.15, 0.2) is 12.3 Å². The summed E-state index contributed by atoms with van der Waals surface area (Å²) in [6.07, 6.45) is 4.49. The zero-order valence-electron chi connectivity index (χ0n) is 6.74. The van der Waals surface area contributed by atoms with Crippen molar-refractivity contribution in [3.05, 3.63) is 12.3 Å². The van der Waals surface area contributed by atoms with Crippen molar-refractivity contribution in [1.82, 2.24) is 9.96 Å². The third kappa shape index (κ3) is 1.30. The molecular weight excluding hydrogens is 128 g/mol. The van der Waals surface area contributed by atoms with E-state index in [1.165, 1.54) is 0 Å². The fourth-order valence-electron chi connectivity index (χ4n) is 1.02. The molecular formula is C7H14N2O. The minimum absolute atomic E-state index is 0.343. The molecule has 1 aliphatic rings. The molecule has 0 saturated carbocycles. The summed E-state index contributed by atoms with van der Waals surface area (Å²) in [4.78, 5) is 7.22. The molecule has 0 aromatic carbocycles. The van der Waals surface area contributed by atoms with Crippen LogP contribution in [0.5, 0.6) is 0 Å². The van der Waals surface area contributed by atoms with Gasteiger partial charge in [-0.25, -0.2) is 0 Å². The van der Waals surface area contributed by atoms with Crippen LogP contribution in [0.2, 0.25) is 0 Å². The van der Waals surface area contributed by atoms with E-state index in [9.17, 15) is 0 Å². The van der Waals surface area contributed by atoms with Crippen LogP contribution < -0.4 is 0 Å². The Balaban J connectivity index is 2.56. The summed E-state index contributed by atoms with van der Waals surface area (Å²) in [5.41, 5.74) is 0. The van der Waals surface area contributed by atoms with Gasteiger partial charge in [0.2, 0.25) is 0 Å². The lowest BCUT2D eigenvalue weighted by molar-refractivity contribution is -0.181. The Kier molecular flexibility index (Phi) is 2.29. The van der Waals surface area contributed by atoms with Gasteiger partial charge in [-0.3, -0.25) is 4.84 Å². The fourth-order valence-corrected chi connectivity index (χ4v) is 1.02. The molecule has 3 heteroatoms. The predicted molar refractivity (Wildman–Crippen MR) is 40.1 cm³/mol. The molecule has 1 heterocycles. The van der Waals surface area contributed by atoms with Crippen molar-refractivity contribution < 1.29 is 4.84 Å². The second-order valence-corrected chi connectivity index (χ2v) is 2.46.